The molecule has 0 saturated heterocycles. The molecule has 1 aliphatic rings. The van der Waals surface area contributed by atoms with Crippen molar-refractivity contribution in [1.82, 2.24) is 9.55 Å². The average molecular weight is 491 g/mol. The van der Waals surface area contributed by atoms with E-state index >= 15 is 0 Å². The molecule has 0 saturated carbocycles. The molecule has 1 aliphatic heterocycles. The molecular formula is C25H35BrN2O3. The summed E-state index contributed by atoms with van der Waals surface area (Å²) in [6.07, 6.45) is 4.39. The lowest BCUT2D eigenvalue weighted by atomic mass is 9.83. The molecular weight excluding hydrogens is 456 g/mol. The number of aromatic nitrogens is 2. The Morgan fingerprint density at radius 3 is 2.52 bits per heavy atom. The largest absolute Gasteiger partial charge is 0.493 e. The smallest absolute Gasteiger partial charge is 0.186 e. The van der Waals surface area contributed by atoms with E-state index in [1.807, 2.05) is 26.0 Å². The third kappa shape index (κ3) is 5.16. The number of hydrogen-bond donors (Lipinski definition) is 0. The number of benzene rings is 1. The van der Waals surface area contributed by atoms with E-state index in [2.05, 4.69) is 48.2 Å². The molecule has 1 aromatic heterocycles. The molecule has 170 valence electrons. The molecule has 0 aliphatic carbocycles. The predicted octanol–water partition coefficient (Wildman–Crippen LogP) is 6.56. The van der Waals surface area contributed by atoms with Crippen LogP contribution < -0.4 is 9.47 Å². The van der Waals surface area contributed by atoms with E-state index in [9.17, 15) is 4.79 Å². The van der Waals surface area contributed by atoms with Gasteiger partial charge in [-0.3, -0.25) is 9.36 Å². The molecule has 5 nitrogen and oxygen atoms in total. The molecule has 31 heavy (non-hydrogen) atoms. The van der Waals surface area contributed by atoms with Gasteiger partial charge in [0.2, 0.25) is 0 Å². The molecule has 0 fully saturated rings. The van der Waals surface area contributed by atoms with Crippen molar-refractivity contribution in [2.24, 2.45) is 11.3 Å². The lowest BCUT2D eigenvalue weighted by Crippen LogP contribution is -2.21. The molecule has 1 aromatic carbocycles. The van der Waals surface area contributed by atoms with Crippen LogP contribution in [0.5, 0.6) is 11.5 Å². The molecule has 2 heterocycles. The Hall–Kier alpha value is -1.82. The molecule has 2 aromatic rings. The number of carbonyl (C=O) groups is 1. The van der Waals surface area contributed by atoms with Gasteiger partial charge in [-0.25, -0.2) is 4.98 Å². The molecule has 1 atom stereocenters. The second-order valence-electron chi connectivity index (χ2n) is 9.88. The van der Waals surface area contributed by atoms with E-state index < -0.39 is 0 Å². The Morgan fingerprint density at radius 2 is 1.94 bits per heavy atom. The maximum absolute atomic E-state index is 13.5. The quantitative estimate of drug-likeness (QED) is 0.392. The Bertz CT molecular complexity index is 957. The van der Waals surface area contributed by atoms with Gasteiger partial charge >= 0.3 is 0 Å². The number of fused-ring (bicyclic) bond motifs is 3. The maximum atomic E-state index is 13.5. The van der Waals surface area contributed by atoms with Gasteiger partial charge < -0.3 is 9.47 Å². The molecule has 6 heteroatoms. The van der Waals surface area contributed by atoms with Crippen LogP contribution >= 0.6 is 15.9 Å². The molecule has 0 N–H and O–H groups in total. The van der Waals surface area contributed by atoms with E-state index in [-0.39, 0.29) is 23.2 Å². The van der Waals surface area contributed by atoms with Gasteiger partial charge in [0, 0.05) is 12.0 Å². The van der Waals surface area contributed by atoms with Crippen molar-refractivity contribution in [1.29, 1.82) is 0 Å². The summed E-state index contributed by atoms with van der Waals surface area (Å²) in [5.41, 5.74) is 3.98. The monoisotopic (exact) mass is 490 g/mol. The average Bonchev–Trinajstić information content (AvgIpc) is 3.03. The van der Waals surface area contributed by atoms with Gasteiger partial charge in [0.1, 0.15) is 5.69 Å². The van der Waals surface area contributed by atoms with Crippen LogP contribution in [-0.4, -0.2) is 28.5 Å². The Kier molecular flexibility index (Phi) is 7.19. The standard InChI is InChI=1S/C25H35BrN2O3/c1-8-16(11-12-25(4,5)6)23(29)22-18-10-9-17-13-20(30-7)21(31-15(2)3)14-19(17)28(18)24(26)27-22/h13-16H,8-12H2,1-7H3. The first-order valence-corrected chi connectivity index (χ1v) is 12.0. The number of imidazole rings is 1. The van der Waals surface area contributed by atoms with Crippen molar-refractivity contribution < 1.29 is 14.3 Å². The molecule has 0 bridgehead atoms. The number of ether oxygens (including phenoxy) is 2. The second-order valence-corrected chi connectivity index (χ2v) is 10.6. The highest BCUT2D eigenvalue weighted by atomic mass is 79.9. The third-order valence-electron chi connectivity index (χ3n) is 5.87. The van der Waals surface area contributed by atoms with Gasteiger partial charge in [-0.15, -0.1) is 0 Å². The highest BCUT2D eigenvalue weighted by Crippen LogP contribution is 2.39. The Labute approximate surface area is 194 Å². The van der Waals surface area contributed by atoms with E-state index in [0.29, 0.717) is 16.2 Å². The van der Waals surface area contributed by atoms with Crippen molar-refractivity contribution >= 4 is 21.7 Å². The van der Waals surface area contributed by atoms with Crippen LogP contribution in [0.15, 0.2) is 16.9 Å². The number of methoxy groups -OCH3 is 1. The summed E-state index contributed by atoms with van der Waals surface area (Å²) in [6, 6.07) is 4.05. The second kappa shape index (κ2) is 9.35. The SMILES string of the molecule is CCC(CCC(C)(C)C)C(=O)c1nc(Br)n2c1CCc1cc(OC)c(OC(C)C)cc1-2. The number of carbonyl (C=O) groups excluding carboxylic acids is 1. The van der Waals surface area contributed by atoms with Gasteiger partial charge in [-0.2, -0.15) is 0 Å². The molecule has 0 radical (unpaired) electrons. The first-order chi connectivity index (χ1) is 14.6. The third-order valence-corrected chi connectivity index (χ3v) is 6.40. The van der Waals surface area contributed by atoms with Gasteiger partial charge in [0.05, 0.1) is 24.6 Å². The number of hydrogen-bond acceptors (Lipinski definition) is 4. The first-order valence-electron chi connectivity index (χ1n) is 11.2. The van der Waals surface area contributed by atoms with E-state index in [0.717, 1.165) is 54.8 Å². The number of aryl methyl sites for hydroxylation is 1. The molecule has 1 unspecified atom stereocenters. The van der Waals surface area contributed by atoms with Crippen molar-refractivity contribution in [2.75, 3.05) is 7.11 Å². The fraction of sp³-hybridized carbons (Fsp3) is 0.600. The maximum Gasteiger partial charge on any atom is 0.186 e. The predicted molar refractivity (Wildman–Crippen MR) is 128 cm³/mol. The minimum Gasteiger partial charge on any atom is -0.493 e. The zero-order chi connectivity index (χ0) is 22.9. The fourth-order valence-corrected chi connectivity index (χ4v) is 4.76. The van der Waals surface area contributed by atoms with E-state index in [1.54, 1.807) is 7.11 Å². The normalized spacial score (nSPS) is 14.2. The van der Waals surface area contributed by atoms with Gasteiger partial charge in [0.15, 0.2) is 22.0 Å². The number of ketones is 1. The van der Waals surface area contributed by atoms with Gasteiger partial charge in [-0.1, -0.05) is 27.7 Å². The van der Waals surface area contributed by atoms with Crippen LogP contribution in [0.25, 0.3) is 5.69 Å². The summed E-state index contributed by atoms with van der Waals surface area (Å²) in [6.45, 7) is 12.8. The van der Waals surface area contributed by atoms with Crippen LogP contribution in [0, 0.1) is 11.3 Å². The van der Waals surface area contributed by atoms with Crippen molar-refractivity contribution in [3.8, 4) is 17.2 Å². The minimum absolute atomic E-state index is 0.00262. The summed E-state index contributed by atoms with van der Waals surface area (Å²) in [4.78, 5) is 18.2. The summed E-state index contributed by atoms with van der Waals surface area (Å²) in [5.74, 6) is 1.60. The van der Waals surface area contributed by atoms with Gasteiger partial charge in [0.25, 0.3) is 0 Å². The van der Waals surface area contributed by atoms with Crippen molar-refractivity contribution in [3.63, 3.8) is 0 Å². The molecule has 3 rings (SSSR count). The number of rotatable bonds is 8. The summed E-state index contributed by atoms with van der Waals surface area (Å²) in [5, 5.41) is 0. The lowest BCUT2D eigenvalue weighted by molar-refractivity contribution is 0.0894. The molecule has 0 spiro atoms. The van der Waals surface area contributed by atoms with Crippen LogP contribution in [0.3, 0.4) is 0 Å². The molecule has 0 amide bonds. The highest BCUT2D eigenvalue weighted by Gasteiger charge is 2.31. The Balaban J connectivity index is 2.01. The van der Waals surface area contributed by atoms with Crippen molar-refractivity contribution in [2.45, 2.75) is 79.8 Å². The van der Waals surface area contributed by atoms with Crippen LogP contribution in [0.4, 0.5) is 0 Å². The minimum atomic E-state index is 0.00262. The number of nitrogens with zero attached hydrogens (tertiary/aromatic N) is 2. The zero-order valence-electron chi connectivity index (χ0n) is 19.8. The van der Waals surface area contributed by atoms with E-state index in [4.69, 9.17) is 14.5 Å². The highest BCUT2D eigenvalue weighted by molar-refractivity contribution is 9.10. The topological polar surface area (TPSA) is 53.4 Å². The number of halogens is 1. The lowest BCUT2D eigenvalue weighted by Gasteiger charge is -2.24. The number of Topliss-reactive ketones (excluding diaryl/α,β-unsaturated/α-hetero) is 1. The van der Waals surface area contributed by atoms with Crippen LogP contribution in [0.1, 0.15) is 82.6 Å². The zero-order valence-corrected chi connectivity index (χ0v) is 21.4. The summed E-state index contributed by atoms with van der Waals surface area (Å²) >= 11 is 3.62. The fourth-order valence-electron chi connectivity index (χ4n) is 4.18. The van der Waals surface area contributed by atoms with E-state index in [1.165, 1.54) is 0 Å². The Morgan fingerprint density at radius 1 is 1.23 bits per heavy atom. The van der Waals surface area contributed by atoms with Crippen molar-refractivity contribution in [3.05, 3.63) is 33.8 Å². The first kappa shape index (κ1) is 23.8. The van der Waals surface area contributed by atoms with Crippen LogP contribution in [0.2, 0.25) is 0 Å². The van der Waals surface area contributed by atoms with Gasteiger partial charge in [-0.05, 0) is 78.9 Å². The summed E-state index contributed by atoms with van der Waals surface area (Å²) < 4.78 is 14.3. The summed E-state index contributed by atoms with van der Waals surface area (Å²) in [7, 11) is 1.66. The van der Waals surface area contributed by atoms with Crippen LogP contribution in [-0.2, 0) is 12.8 Å².